The Morgan fingerprint density at radius 1 is 0.391 bits per heavy atom. The molecule has 0 amide bonds. The van der Waals surface area contributed by atoms with Crippen molar-refractivity contribution < 1.29 is 19.2 Å². The van der Waals surface area contributed by atoms with E-state index in [-0.39, 0.29) is 39.4 Å². The van der Waals surface area contributed by atoms with Crippen LogP contribution in [0.2, 0.25) is 0 Å². The van der Waals surface area contributed by atoms with Crippen LogP contribution >= 0.6 is 22.7 Å². The molecule has 4 nitrogen and oxygen atoms in total. The SMILES string of the molecule is O=C1C(=CC2=Cc3sc4c(c3C23CCCCC3)C2(CCCCC2)c2c-4sc3c2C2(CCCCC2)C(C=C2C(=O)c4cc5ccccc5cc4C2=O)=C3)C(=O)c2cc3ccccc3cc21. The second kappa shape index (κ2) is 13.3. The summed E-state index contributed by atoms with van der Waals surface area (Å²) < 4.78 is 0. The molecule has 64 heavy (non-hydrogen) atoms. The first-order valence-corrected chi connectivity index (χ1v) is 25.4. The molecule has 0 radical (unpaired) electrons. The van der Waals surface area contributed by atoms with Gasteiger partial charge in [0, 0.05) is 58.0 Å². The second-order valence-electron chi connectivity index (χ2n) is 20.1. The first kappa shape index (κ1) is 37.8. The number of rotatable bonds is 2. The maximum Gasteiger partial charge on any atom is 0.197 e. The molecular weight excluding hydrogens is 825 g/mol. The second-order valence-corrected chi connectivity index (χ2v) is 22.2. The Bertz CT molecular complexity index is 3010. The van der Waals surface area contributed by atoms with Crippen molar-refractivity contribution in [2.24, 2.45) is 0 Å². The number of hydrogen-bond donors (Lipinski definition) is 0. The standard InChI is InChI=1S/C58H46O4S2/c59-50-38-24-32-14-4-5-15-33(32)25-39(38)51(60)42(50)28-36-30-44-46(56(36)18-8-1-9-19-56)48-54(63-44)55-49(58(48)22-12-3-13-23-58)47-45(64-55)31-37(57(47)20-10-2-11-21-57)29-43-52(61)40-26-34-16-6-7-17-35(34)27-41(40)53(43)62/h4-7,14-17,24-31H,1-3,8-13,18-23H2. The zero-order valence-electron chi connectivity index (χ0n) is 35.8. The normalized spacial score (nSPS) is 21.8. The number of Topliss-reactive ketones (excluding diaryl/α,β-unsaturated/α-hetero) is 4. The van der Waals surface area contributed by atoms with Gasteiger partial charge in [-0.05, 0) is 142 Å². The van der Waals surface area contributed by atoms with Gasteiger partial charge in [-0.1, -0.05) is 106 Å². The van der Waals surface area contributed by atoms with Gasteiger partial charge in [-0.3, -0.25) is 19.2 Å². The molecule has 314 valence electrons. The van der Waals surface area contributed by atoms with Crippen molar-refractivity contribution in [3.05, 3.63) is 162 Å². The highest BCUT2D eigenvalue weighted by Gasteiger charge is 2.58. The Labute approximate surface area is 380 Å². The zero-order chi connectivity index (χ0) is 42.7. The molecule has 14 rings (SSSR count). The highest BCUT2D eigenvalue weighted by Crippen LogP contribution is 2.71. The van der Waals surface area contributed by atoms with E-state index in [0.717, 1.165) is 96.9 Å². The monoisotopic (exact) mass is 870 g/mol. The van der Waals surface area contributed by atoms with Gasteiger partial charge in [-0.2, -0.15) is 0 Å². The maximum atomic E-state index is 14.2. The number of carbonyl (C=O) groups excluding carboxylic acids is 4. The third kappa shape index (κ3) is 4.78. The van der Waals surface area contributed by atoms with Crippen LogP contribution in [0.5, 0.6) is 0 Å². The van der Waals surface area contributed by atoms with Crippen molar-refractivity contribution in [3.63, 3.8) is 0 Å². The quantitative estimate of drug-likeness (QED) is 0.128. The van der Waals surface area contributed by atoms with Crippen molar-refractivity contribution in [3.8, 4) is 9.75 Å². The minimum Gasteiger partial charge on any atom is -0.288 e. The Hall–Kier alpha value is -5.56. The van der Waals surface area contributed by atoms with E-state index in [2.05, 4.69) is 12.2 Å². The Balaban J connectivity index is 0.912. The van der Waals surface area contributed by atoms with Crippen molar-refractivity contribution in [2.75, 3.05) is 0 Å². The predicted octanol–water partition coefficient (Wildman–Crippen LogP) is 14.6. The highest BCUT2D eigenvalue weighted by atomic mass is 32.1. The highest BCUT2D eigenvalue weighted by molar-refractivity contribution is 7.23. The summed E-state index contributed by atoms with van der Waals surface area (Å²) in [7, 11) is 0. The first-order valence-electron chi connectivity index (χ1n) is 23.8. The van der Waals surface area contributed by atoms with Crippen molar-refractivity contribution >= 4 is 79.5 Å². The molecule has 0 saturated heterocycles. The number of carbonyl (C=O) groups is 4. The van der Waals surface area contributed by atoms with E-state index in [9.17, 15) is 19.2 Å². The minimum atomic E-state index is -0.230. The number of thiophene rings is 2. The number of fused-ring (bicyclic) bond motifs is 15. The minimum absolute atomic E-state index is 0.108. The van der Waals surface area contributed by atoms with Crippen LogP contribution in [0.15, 0.2) is 107 Å². The third-order valence-corrected chi connectivity index (χ3v) is 19.6. The topological polar surface area (TPSA) is 68.3 Å². The number of ketones is 4. The van der Waals surface area contributed by atoms with Crippen LogP contribution in [0.25, 0.3) is 43.5 Å². The molecular formula is C58H46O4S2. The van der Waals surface area contributed by atoms with Crippen LogP contribution in [0.4, 0.5) is 0 Å². The molecule has 6 aromatic rings. The van der Waals surface area contributed by atoms with Gasteiger partial charge < -0.3 is 0 Å². The molecule has 6 heteroatoms. The van der Waals surface area contributed by atoms with Crippen molar-refractivity contribution in [1.82, 2.24) is 0 Å². The lowest BCUT2D eigenvalue weighted by Gasteiger charge is -2.44. The fourth-order valence-electron chi connectivity index (χ4n) is 14.3. The molecule has 3 fully saturated rings. The average molecular weight is 871 g/mol. The summed E-state index contributed by atoms with van der Waals surface area (Å²) in [6.07, 6.45) is 25.7. The van der Waals surface area contributed by atoms with Crippen LogP contribution < -0.4 is 0 Å². The lowest BCUT2D eigenvalue weighted by molar-refractivity contribution is 0.0973. The summed E-state index contributed by atoms with van der Waals surface area (Å²) in [6.45, 7) is 0. The first-order chi connectivity index (χ1) is 31.3. The van der Waals surface area contributed by atoms with Crippen LogP contribution in [0.3, 0.4) is 0 Å². The molecule has 4 aromatic carbocycles. The molecule has 2 aromatic heterocycles. The number of allylic oxidation sites excluding steroid dienone is 6. The Morgan fingerprint density at radius 2 is 0.703 bits per heavy atom. The average Bonchev–Trinajstić information content (AvgIpc) is 4.16. The predicted molar refractivity (Wildman–Crippen MR) is 258 cm³/mol. The molecule has 8 aliphatic carbocycles. The maximum absolute atomic E-state index is 14.2. The van der Waals surface area contributed by atoms with Crippen LogP contribution in [-0.4, -0.2) is 23.1 Å². The van der Waals surface area contributed by atoms with Crippen LogP contribution in [0.1, 0.15) is 170 Å². The molecule has 3 saturated carbocycles. The summed E-state index contributed by atoms with van der Waals surface area (Å²) in [5.41, 5.74) is 10.7. The molecule has 0 unspecified atom stereocenters. The van der Waals surface area contributed by atoms with Gasteiger partial charge in [0.05, 0.1) is 11.1 Å². The van der Waals surface area contributed by atoms with E-state index in [1.54, 1.807) is 11.1 Å². The van der Waals surface area contributed by atoms with Gasteiger partial charge in [0.15, 0.2) is 23.1 Å². The molecule has 0 N–H and O–H groups in total. The van der Waals surface area contributed by atoms with Gasteiger partial charge in [-0.15, -0.1) is 22.7 Å². The van der Waals surface area contributed by atoms with E-state index in [0.29, 0.717) is 33.4 Å². The number of benzene rings is 4. The fourth-order valence-corrected chi connectivity index (χ4v) is 17.3. The van der Waals surface area contributed by atoms with Crippen LogP contribution in [-0.2, 0) is 16.2 Å². The number of hydrogen-bond acceptors (Lipinski definition) is 6. The lowest BCUT2D eigenvalue weighted by Crippen LogP contribution is -2.37. The van der Waals surface area contributed by atoms with E-state index < -0.39 is 0 Å². The van der Waals surface area contributed by atoms with Gasteiger partial charge in [0.2, 0.25) is 0 Å². The summed E-state index contributed by atoms with van der Waals surface area (Å²) in [4.78, 5) is 62.6. The largest absolute Gasteiger partial charge is 0.288 e. The van der Waals surface area contributed by atoms with E-state index in [4.69, 9.17) is 0 Å². The zero-order valence-corrected chi connectivity index (χ0v) is 37.4. The molecule has 3 spiro atoms. The molecule has 2 heterocycles. The molecule has 0 atom stereocenters. The molecule has 0 bridgehead atoms. The molecule has 8 aliphatic rings. The van der Waals surface area contributed by atoms with E-state index in [1.807, 2.05) is 108 Å². The Morgan fingerprint density at radius 3 is 1.03 bits per heavy atom. The van der Waals surface area contributed by atoms with Crippen LogP contribution in [0, 0.1) is 0 Å². The summed E-state index contributed by atoms with van der Waals surface area (Å²) in [5, 5.41) is 3.93. The van der Waals surface area contributed by atoms with E-state index >= 15 is 0 Å². The summed E-state index contributed by atoms with van der Waals surface area (Å²) in [6, 6.07) is 23.6. The fraction of sp³-hybridized carbons (Fsp3) is 0.310. The summed E-state index contributed by atoms with van der Waals surface area (Å²) in [5.74, 6) is -0.578. The lowest BCUT2D eigenvalue weighted by atomic mass is 9.58. The summed E-state index contributed by atoms with van der Waals surface area (Å²) >= 11 is 3.93. The van der Waals surface area contributed by atoms with Gasteiger partial charge >= 0.3 is 0 Å². The van der Waals surface area contributed by atoms with Crippen molar-refractivity contribution in [1.29, 1.82) is 0 Å². The van der Waals surface area contributed by atoms with Gasteiger partial charge in [0.25, 0.3) is 0 Å². The third-order valence-electron chi connectivity index (χ3n) is 17.1. The smallest absolute Gasteiger partial charge is 0.197 e. The van der Waals surface area contributed by atoms with Gasteiger partial charge in [-0.25, -0.2) is 0 Å². The van der Waals surface area contributed by atoms with Crippen molar-refractivity contribution in [2.45, 2.75) is 113 Å². The Kier molecular flexibility index (Phi) is 7.83. The molecule has 0 aliphatic heterocycles. The van der Waals surface area contributed by atoms with E-state index in [1.165, 1.54) is 62.7 Å². The van der Waals surface area contributed by atoms with Gasteiger partial charge in [0.1, 0.15) is 0 Å².